The number of anilines is 1. The molecule has 4 nitrogen and oxygen atoms in total. The van der Waals surface area contributed by atoms with E-state index < -0.39 is 6.10 Å². The Labute approximate surface area is 116 Å². The SMILES string of the molecule is C[C@@H](O)c1ccc(N(C)CC2(N(C)C)CCC2)nc1. The Morgan fingerprint density at radius 3 is 2.37 bits per heavy atom. The van der Waals surface area contributed by atoms with Crippen LogP contribution in [0.4, 0.5) is 5.82 Å². The van der Waals surface area contributed by atoms with Gasteiger partial charge in [0.1, 0.15) is 5.82 Å². The van der Waals surface area contributed by atoms with Gasteiger partial charge < -0.3 is 14.9 Å². The van der Waals surface area contributed by atoms with Crippen molar-refractivity contribution in [1.29, 1.82) is 0 Å². The molecule has 1 heterocycles. The van der Waals surface area contributed by atoms with Gasteiger partial charge in [-0.1, -0.05) is 6.07 Å². The summed E-state index contributed by atoms with van der Waals surface area (Å²) < 4.78 is 0. The Morgan fingerprint density at radius 1 is 1.32 bits per heavy atom. The molecule has 1 aliphatic carbocycles. The highest BCUT2D eigenvalue weighted by Gasteiger charge is 2.40. The van der Waals surface area contributed by atoms with E-state index in [4.69, 9.17) is 0 Å². The summed E-state index contributed by atoms with van der Waals surface area (Å²) in [6.07, 6.45) is 5.15. The number of hydrogen-bond donors (Lipinski definition) is 1. The first kappa shape index (κ1) is 14.3. The van der Waals surface area contributed by atoms with Crippen molar-refractivity contribution >= 4 is 5.82 Å². The van der Waals surface area contributed by atoms with Gasteiger partial charge in [-0.15, -0.1) is 0 Å². The highest BCUT2D eigenvalue weighted by molar-refractivity contribution is 5.39. The second-order valence-corrected chi connectivity index (χ2v) is 5.95. The lowest BCUT2D eigenvalue weighted by Crippen LogP contribution is -2.56. The van der Waals surface area contributed by atoms with Gasteiger partial charge in [-0.05, 0) is 51.9 Å². The average molecular weight is 263 g/mol. The van der Waals surface area contributed by atoms with Crippen molar-refractivity contribution in [3.8, 4) is 0 Å². The number of aliphatic hydroxyl groups excluding tert-OH is 1. The summed E-state index contributed by atoms with van der Waals surface area (Å²) in [5, 5.41) is 9.50. The second kappa shape index (κ2) is 5.47. The van der Waals surface area contributed by atoms with Gasteiger partial charge >= 0.3 is 0 Å². The molecule has 1 N–H and O–H groups in total. The minimum Gasteiger partial charge on any atom is -0.389 e. The summed E-state index contributed by atoms with van der Waals surface area (Å²) in [6, 6.07) is 3.94. The molecule has 0 radical (unpaired) electrons. The van der Waals surface area contributed by atoms with Crippen LogP contribution in [0.3, 0.4) is 0 Å². The van der Waals surface area contributed by atoms with Gasteiger partial charge in [0.15, 0.2) is 0 Å². The van der Waals surface area contributed by atoms with E-state index in [1.807, 2.05) is 12.1 Å². The number of rotatable bonds is 5. The smallest absolute Gasteiger partial charge is 0.128 e. The topological polar surface area (TPSA) is 39.6 Å². The fraction of sp³-hybridized carbons (Fsp3) is 0.667. The molecule has 1 aliphatic rings. The molecule has 0 amide bonds. The fourth-order valence-electron chi connectivity index (χ4n) is 2.72. The molecule has 1 atom stereocenters. The van der Waals surface area contributed by atoms with E-state index in [9.17, 15) is 5.11 Å². The molecular formula is C15H25N3O. The van der Waals surface area contributed by atoms with Crippen LogP contribution in [0.1, 0.15) is 37.9 Å². The van der Waals surface area contributed by atoms with Crippen molar-refractivity contribution in [3.05, 3.63) is 23.9 Å². The van der Waals surface area contributed by atoms with Crippen molar-refractivity contribution in [1.82, 2.24) is 9.88 Å². The summed E-state index contributed by atoms with van der Waals surface area (Å²) in [7, 11) is 6.42. The minimum absolute atomic E-state index is 0.305. The van der Waals surface area contributed by atoms with Gasteiger partial charge in [-0.3, -0.25) is 0 Å². The van der Waals surface area contributed by atoms with Crippen LogP contribution in [0.2, 0.25) is 0 Å². The Kier molecular flexibility index (Phi) is 4.11. The normalized spacial score (nSPS) is 19.1. The van der Waals surface area contributed by atoms with Gasteiger partial charge in [0, 0.05) is 25.3 Å². The Morgan fingerprint density at radius 2 is 2.00 bits per heavy atom. The predicted octanol–water partition coefficient (Wildman–Crippen LogP) is 2.06. The zero-order chi connectivity index (χ0) is 14.0. The van der Waals surface area contributed by atoms with Gasteiger partial charge in [-0.2, -0.15) is 0 Å². The van der Waals surface area contributed by atoms with E-state index in [1.165, 1.54) is 19.3 Å². The monoisotopic (exact) mass is 263 g/mol. The maximum Gasteiger partial charge on any atom is 0.128 e. The lowest BCUT2D eigenvalue weighted by atomic mass is 9.75. The highest BCUT2D eigenvalue weighted by Crippen LogP contribution is 2.37. The van der Waals surface area contributed by atoms with Gasteiger partial charge in [0.05, 0.1) is 6.10 Å². The maximum atomic E-state index is 9.50. The molecule has 4 heteroatoms. The van der Waals surface area contributed by atoms with Crippen LogP contribution in [-0.4, -0.2) is 48.2 Å². The molecule has 0 bridgehead atoms. The minimum atomic E-state index is -0.452. The van der Waals surface area contributed by atoms with E-state index in [0.717, 1.165) is 17.9 Å². The van der Waals surface area contributed by atoms with E-state index in [0.29, 0.717) is 5.54 Å². The molecule has 1 aromatic heterocycles. The molecule has 0 spiro atoms. The van der Waals surface area contributed by atoms with Gasteiger partial charge in [0.25, 0.3) is 0 Å². The molecular weight excluding hydrogens is 238 g/mol. The number of aromatic nitrogens is 1. The molecule has 1 saturated carbocycles. The third kappa shape index (κ3) is 2.90. The third-order valence-electron chi connectivity index (χ3n) is 4.41. The molecule has 0 aromatic carbocycles. The van der Waals surface area contributed by atoms with Crippen molar-refractivity contribution < 1.29 is 5.11 Å². The van der Waals surface area contributed by atoms with Crippen LogP contribution >= 0.6 is 0 Å². The van der Waals surface area contributed by atoms with Crippen LogP contribution in [0.5, 0.6) is 0 Å². The molecule has 0 saturated heterocycles. The Bertz CT molecular complexity index is 410. The second-order valence-electron chi connectivity index (χ2n) is 5.95. The summed E-state index contributed by atoms with van der Waals surface area (Å²) in [4.78, 5) is 9.01. The first-order valence-corrected chi connectivity index (χ1v) is 6.97. The van der Waals surface area contributed by atoms with E-state index >= 15 is 0 Å². The van der Waals surface area contributed by atoms with Gasteiger partial charge in [-0.25, -0.2) is 4.98 Å². The lowest BCUT2D eigenvalue weighted by molar-refractivity contribution is 0.0682. The standard InChI is InChI=1S/C15H25N3O/c1-12(19)13-6-7-14(16-10-13)18(4)11-15(17(2)3)8-5-9-15/h6-7,10,12,19H,5,8-9,11H2,1-4H3/t12-/m1/s1. The number of aliphatic hydroxyl groups is 1. The van der Waals surface area contributed by atoms with E-state index in [-0.39, 0.29) is 0 Å². The third-order valence-corrected chi connectivity index (χ3v) is 4.41. The van der Waals surface area contributed by atoms with Crippen LogP contribution in [-0.2, 0) is 0 Å². The van der Waals surface area contributed by atoms with E-state index in [1.54, 1.807) is 13.1 Å². The largest absolute Gasteiger partial charge is 0.389 e. The van der Waals surface area contributed by atoms with Gasteiger partial charge in [0.2, 0.25) is 0 Å². The Balaban J connectivity index is 2.05. The molecule has 2 rings (SSSR count). The quantitative estimate of drug-likeness (QED) is 0.882. The van der Waals surface area contributed by atoms with Crippen LogP contribution < -0.4 is 4.90 Å². The molecule has 0 unspecified atom stereocenters. The van der Waals surface area contributed by atoms with Crippen molar-refractivity contribution in [2.45, 2.75) is 37.8 Å². The number of likely N-dealkylation sites (N-methyl/N-ethyl adjacent to an activating group) is 2. The first-order valence-electron chi connectivity index (χ1n) is 6.97. The number of hydrogen-bond acceptors (Lipinski definition) is 4. The summed E-state index contributed by atoms with van der Waals surface area (Å²) in [5.74, 6) is 0.970. The van der Waals surface area contributed by atoms with Crippen molar-refractivity contribution in [2.24, 2.45) is 0 Å². The first-order chi connectivity index (χ1) is 8.94. The van der Waals surface area contributed by atoms with Crippen LogP contribution in [0.25, 0.3) is 0 Å². The van der Waals surface area contributed by atoms with Crippen molar-refractivity contribution in [3.63, 3.8) is 0 Å². The molecule has 0 aliphatic heterocycles. The average Bonchev–Trinajstić information content (AvgIpc) is 2.33. The molecule has 1 aromatic rings. The summed E-state index contributed by atoms with van der Waals surface area (Å²) >= 11 is 0. The highest BCUT2D eigenvalue weighted by atomic mass is 16.3. The Hall–Kier alpha value is -1.13. The molecule has 106 valence electrons. The number of pyridine rings is 1. The van der Waals surface area contributed by atoms with E-state index in [2.05, 4.69) is 35.9 Å². The van der Waals surface area contributed by atoms with Crippen molar-refractivity contribution in [2.75, 3.05) is 32.6 Å². The predicted molar refractivity (Wildman–Crippen MR) is 78.4 cm³/mol. The molecule has 1 fully saturated rings. The zero-order valence-corrected chi connectivity index (χ0v) is 12.4. The summed E-state index contributed by atoms with van der Waals surface area (Å²) in [5.41, 5.74) is 1.17. The summed E-state index contributed by atoms with van der Waals surface area (Å²) in [6.45, 7) is 2.76. The van der Waals surface area contributed by atoms with Crippen LogP contribution in [0.15, 0.2) is 18.3 Å². The van der Waals surface area contributed by atoms with Crippen LogP contribution in [0, 0.1) is 0 Å². The fourth-order valence-corrected chi connectivity index (χ4v) is 2.72. The molecule has 19 heavy (non-hydrogen) atoms. The number of nitrogens with zero attached hydrogens (tertiary/aromatic N) is 3. The zero-order valence-electron chi connectivity index (χ0n) is 12.4. The maximum absolute atomic E-state index is 9.50. The lowest BCUT2D eigenvalue weighted by Gasteiger charge is -2.49.